The van der Waals surface area contributed by atoms with E-state index >= 15 is 0 Å². The van der Waals surface area contributed by atoms with Gasteiger partial charge in [0.1, 0.15) is 0 Å². The van der Waals surface area contributed by atoms with Gasteiger partial charge in [0.05, 0.1) is 17.0 Å². The standard InChI is InChI=1S/C20H27N3O4/c1-2-12-22-16-5-3-4-6-17(16)23(20(22)27)13-11-18(24)21-15-9-7-14(8-10-15)19(25)26/h3-6,14-15H,2,7-13H2,1H3,(H,21,24)(H,25,26). The minimum Gasteiger partial charge on any atom is -0.481 e. The Bertz CT molecular complexity index is 875. The van der Waals surface area contributed by atoms with Crippen molar-refractivity contribution in [2.75, 3.05) is 0 Å². The smallest absolute Gasteiger partial charge is 0.329 e. The number of carbonyl (C=O) groups excluding carboxylic acids is 1. The summed E-state index contributed by atoms with van der Waals surface area (Å²) in [5.74, 6) is -1.13. The lowest BCUT2D eigenvalue weighted by Gasteiger charge is -2.26. The molecule has 0 unspecified atom stereocenters. The lowest BCUT2D eigenvalue weighted by molar-refractivity contribution is -0.142. The van der Waals surface area contributed by atoms with Crippen LogP contribution in [-0.4, -0.2) is 32.2 Å². The molecule has 1 saturated carbocycles. The van der Waals surface area contributed by atoms with Crippen molar-refractivity contribution in [1.82, 2.24) is 14.5 Å². The SMILES string of the molecule is CCCn1c(=O)n(CCC(=O)NC2CCC(C(=O)O)CC2)c2ccccc21. The second-order valence-electron chi connectivity index (χ2n) is 7.28. The molecule has 2 aromatic rings. The molecule has 1 fully saturated rings. The van der Waals surface area contributed by atoms with E-state index in [1.807, 2.05) is 31.2 Å². The van der Waals surface area contributed by atoms with Gasteiger partial charge in [-0.15, -0.1) is 0 Å². The number of hydrogen-bond acceptors (Lipinski definition) is 3. The second kappa shape index (κ2) is 8.41. The molecule has 1 aromatic heterocycles. The van der Waals surface area contributed by atoms with Crippen molar-refractivity contribution in [3.63, 3.8) is 0 Å². The summed E-state index contributed by atoms with van der Waals surface area (Å²) in [5.41, 5.74) is 1.68. The maximum atomic E-state index is 12.7. The van der Waals surface area contributed by atoms with Crippen LogP contribution in [0.2, 0.25) is 0 Å². The molecule has 7 heteroatoms. The highest BCUT2D eigenvalue weighted by Gasteiger charge is 2.26. The van der Waals surface area contributed by atoms with Gasteiger partial charge in [0.25, 0.3) is 0 Å². The molecule has 7 nitrogen and oxygen atoms in total. The van der Waals surface area contributed by atoms with Gasteiger partial charge < -0.3 is 10.4 Å². The quantitative estimate of drug-likeness (QED) is 0.779. The van der Waals surface area contributed by atoms with Gasteiger partial charge in [-0.25, -0.2) is 4.79 Å². The number of para-hydroxylation sites is 2. The number of imidazole rings is 1. The molecule has 1 aliphatic rings. The Morgan fingerprint density at radius 1 is 1.07 bits per heavy atom. The van der Waals surface area contributed by atoms with Crippen LogP contribution in [0.4, 0.5) is 0 Å². The summed E-state index contributed by atoms with van der Waals surface area (Å²) in [4.78, 5) is 36.1. The number of rotatable bonds is 7. The van der Waals surface area contributed by atoms with E-state index < -0.39 is 5.97 Å². The lowest BCUT2D eigenvalue weighted by Crippen LogP contribution is -2.39. The van der Waals surface area contributed by atoms with Gasteiger partial charge in [0.2, 0.25) is 5.91 Å². The van der Waals surface area contributed by atoms with Gasteiger partial charge in [-0.05, 0) is 44.2 Å². The summed E-state index contributed by atoms with van der Waals surface area (Å²) >= 11 is 0. The van der Waals surface area contributed by atoms with E-state index in [4.69, 9.17) is 5.11 Å². The first-order valence-corrected chi connectivity index (χ1v) is 9.71. The predicted molar refractivity (Wildman–Crippen MR) is 103 cm³/mol. The summed E-state index contributed by atoms with van der Waals surface area (Å²) in [6.45, 7) is 3.03. The number of carbonyl (C=O) groups is 2. The number of carboxylic acid groups (broad SMARTS) is 1. The summed E-state index contributed by atoms with van der Waals surface area (Å²) < 4.78 is 3.44. The van der Waals surface area contributed by atoms with E-state index in [-0.39, 0.29) is 30.0 Å². The molecule has 0 saturated heterocycles. The highest BCUT2D eigenvalue weighted by Crippen LogP contribution is 2.24. The molecule has 0 spiro atoms. The van der Waals surface area contributed by atoms with Crippen molar-refractivity contribution in [2.45, 2.75) is 64.6 Å². The highest BCUT2D eigenvalue weighted by atomic mass is 16.4. The number of aliphatic carboxylic acids is 1. The first-order valence-electron chi connectivity index (χ1n) is 9.71. The summed E-state index contributed by atoms with van der Waals surface area (Å²) in [6.07, 6.45) is 3.69. The first kappa shape index (κ1) is 19.2. The number of nitrogens with zero attached hydrogens (tertiary/aromatic N) is 2. The molecular weight excluding hydrogens is 346 g/mol. The van der Waals surface area contributed by atoms with Crippen LogP contribution in [0, 0.1) is 5.92 Å². The van der Waals surface area contributed by atoms with Gasteiger partial charge in [-0.3, -0.25) is 18.7 Å². The van der Waals surface area contributed by atoms with E-state index in [0.717, 1.165) is 17.5 Å². The summed E-state index contributed by atoms with van der Waals surface area (Å²) in [7, 11) is 0. The van der Waals surface area contributed by atoms with E-state index in [1.54, 1.807) is 9.13 Å². The third kappa shape index (κ3) is 4.23. The van der Waals surface area contributed by atoms with E-state index in [9.17, 15) is 14.4 Å². The van der Waals surface area contributed by atoms with Crippen molar-refractivity contribution < 1.29 is 14.7 Å². The average Bonchev–Trinajstić information content (AvgIpc) is 2.92. The molecule has 0 radical (unpaired) electrons. The average molecular weight is 373 g/mol. The molecule has 27 heavy (non-hydrogen) atoms. The molecule has 1 aliphatic carbocycles. The van der Waals surface area contributed by atoms with Crippen molar-refractivity contribution in [1.29, 1.82) is 0 Å². The minimum absolute atomic E-state index is 0.0336. The Balaban J connectivity index is 1.62. The number of fused-ring (bicyclic) bond motifs is 1. The van der Waals surface area contributed by atoms with Gasteiger partial charge >= 0.3 is 11.7 Å². The van der Waals surface area contributed by atoms with Crippen molar-refractivity contribution in [3.05, 3.63) is 34.7 Å². The lowest BCUT2D eigenvalue weighted by atomic mass is 9.86. The van der Waals surface area contributed by atoms with Crippen LogP contribution in [0.25, 0.3) is 11.0 Å². The Morgan fingerprint density at radius 2 is 1.67 bits per heavy atom. The van der Waals surface area contributed by atoms with Crippen LogP contribution in [0.5, 0.6) is 0 Å². The third-order valence-corrected chi connectivity index (χ3v) is 5.38. The Labute approximate surface area is 158 Å². The number of hydrogen-bond donors (Lipinski definition) is 2. The van der Waals surface area contributed by atoms with Gasteiger partial charge in [0.15, 0.2) is 0 Å². The van der Waals surface area contributed by atoms with Gasteiger partial charge in [-0.2, -0.15) is 0 Å². The number of benzene rings is 1. The Hall–Kier alpha value is -2.57. The highest BCUT2D eigenvalue weighted by molar-refractivity contribution is 5.78. The molecule has 1 amide bonds. The normalized spacial score (nSPS) is 19.9. The Morgan fingerprint density at radius 3 is 2.22 bits per heavy atom. The minimum atomic E-state index is -0.748. The molecule has 146 valence electrons. The van der Waals surface area contributed by atoms with Crippen LogP contribution in [0.1, 0.15) is 45.4 Å². The molecular formula is C20H27N3O4. The number of amides is 1. The van der Waals surface area contributed by atoms with Crippen LogP contribution in [0.3, 0.4) is 0 Å². The van der Waals surface area contributed by atoms with Crippen molar-refractivity contribution >= 4 is 22.9 Å². The van der Waals surface area contributed by atoms with Crippen LogP contribution in [-0.2, 0) is 22.7 Å². The number of carboxylic acids is 1. The molecule has 1 aromatic carbocycles. The largest absolute Gasteiger partial charge is 0.481 e. The fourth-order valence-corrected chi connectivity index (χ4v) is 3.93. The van der Waals surface area contributed by atoms with Gasteiger partial charge in [0, 0.05) is 25.6 Å². The van der Waals surface area contributed by atoms with Crippen molar-refractivity contribution in [2.24, 2.45) is 5.92 Å². The Kier molecular flexibility index (Phi) is 5.98. The third-order valence-electron chi connectivity index (χ3n) is 5.38. The molecule has 0 atom stereocenters. The predicted octanol–water partition coefficient (Wildman–Crippen LogP) is 2.36. The molecule has 2 N–H and O–H groups in total. The molecule has 0 aliphatic heterocycles. The summed E-state index contributed by atoms with van der Waals surface area (Å²) in [5, 5.41) is 12.0. The zero-order valence-corrected chi connectivity index (χ0v) is 15.7. The van der Waals surface area contributed by atoms with Crippen molar-refractivity contribution in [3.8, 4) is 0 Å². The fourth-order valence-electron chi connectivity index (χ4n) is 3.93. The number of aromatic nitrogens is 2. The maximum absolute atomic E-state index is 12.7. The topological polar surface area (TPSA) is 93.3 Å². The zero-order valence-electron chi connectivity index (χ0n) is 15.7. The monoisotopic (exact) mass is 373 g/mol. The van der Waals surface area contributed by atoms with Crippen LogP contribution in [0.15, 0.2) is 29.1 Å². The van der Waals surface area contributed by atoms with E-state index in [0.29, 0.717) is 38.8 Å². The number of nitrogens with one attached hydrogen (secondary N) is 1. The molecule has 1 heterocycles. The molecule has 3 rings (SSSR count). The first-order chi connectivity index (χ1) is 13.0. The molecule has 0 bridgehead atoms. The van der Waals surface area contributed by atoms with E-state index in [1.165, 1.54) is 0 Å². The summed E-state index contributed by atoms with van der Waals surface area (Å²) in [6, 6.07) is 7.69. The number of aryl methyl sites for hydroxylation is 2. The zero-order chi connectivity index (χ0) is 19.4. The van der Waals surface area contributed by atoms with E-state index in [2.05, 4.69) is 5.32 Å². The van der Waals surface area contributed by atoms with Crippen LogP contribution < -0.4 is 11.0 Å². The van der Waals surface area contributed by atoms with Crippen LogP contribution >= 0.6 is 0 Å². The maximum Gasteiger partial charge on any atom is 0.329 e. The second-order valence-corrected chi connectivity index (χ2v) is 7.28. The fraction of sp³-hybridized carbons (Fsp3) is 0.550. The van der Waals surface area contributed by atoms with Gasteiger partial charge in [-0.1, -0.05) is 19.1 Å².